The number of nitrogens with two attached hydrogens (primary N) is 1. The molecule has 0 aliphatic heterocycles. The van der Waals surface area contributed by atoms with Crippen LogP contribution in [0.15, 0.2) is 40.4 Å². The van der Waals surface area contributed by atoms with Crippen LogP contribution >= 0.6 is 0 Å². The van der Waals surface area contributed by atoms with Gasteiger partial charge in [0.15, 0.2) is 5.03 Å². The van der Waals surface area contributed by atoms with Gasteiger partial charge >= 0.3 is 0 Å². The minimum atomic E-state index is -3.83. The van der Waals surface area contributed by atoms with Crippen LogP contribution in [0.1, 0.15) is 5.56 Å². The highest BCUT2D eigenvalue weighted by Crippen LogP contribution is 2.20. The molecule has 0 unspecified atom stereocenters. The van der Waals surface area contributed by atoms with Crippen molar-refractivity contribution in [2.45, 2.75) is 16.8 Å². The molecule has 10 heteroatoms. The number of benzene rings is 1. The second-order valence-corrected chi connectivity index (χ2v) is 7.23. The van der Waals surface area contributed by atoms with Crippen LogP contribution in [0.3, 0.4) is 0 Å². The first-order valence-electron chi connectivity index (χ1n) is 5.36. The summed E-state index contributed by atoms with van der Waals surface area (Å²) < 4.78 is 48.7. The summed E-state index contributed by atoms with van der Waals surface area (Å²) in [7, 11) is -7.61. The van der Waals surface area contributed by atoms with Gasteiger partial charge in [-0.2, -0.15) is 13.5 Å². The highest BCUT2D eigenvalue weighted by atomic mass is 32.2. The molecule has 1 heterocycles. The molecule has 1 aromatic carbocycles. The van der Waals surface area contributed by atoms with Crippen molar-refractivity contribution in [2.24, 2.45) is 5.14 Å². The Morgan fingerprint density at radius 1 is 1.20 bits per heavy atom. The molecule has 0 atom stereocenters. The van der Waals surface area contributed by atoms with Crippen molar-refractivity contribution in [3.8, 4) is 0 Å². The van der Waals surface area contributed by atoms with E-state index in [1.165, 1.54) is 37.4 Å². The van der Waals surface area contributed by atoms with E-state index in [0.717, 1.165) is 0 Å². The van der Waals surface area contributed by atoms with Gasteiger partial charge in [0.1, 0.15) is 0 Å². The Kier molecular flexibility index (Phi) is 3.54. The number of hydrogen-bond acceptors (Lipinski definition) is 5. The van der Waals surface area contributed by atoms with Crippen LogP contribution in [0.2, 0.25) is 0 Å². The van der Waals surface area contributed by atoms with Crippen molar-refractivity contribution in [2.75, 3.05) is 4.72 Å². The molecule has 0 aliphatic rings. The molecule has 0 radical (unpaired) electrons. The SMILES string of the molecule is Cc1cc(NS(=O)(=O)c2ccn[nH]2)ccc1S(N)(=O)=O. The summed E-state index contributed by atoms with van der Waals surface area (Å²) in [6, 6.07) is 5.25. The van der Waals surface area contributed by atoms with Crippen LogP contribution < -0.4 is 9.86 Å². The normalized spacial score (nSPS) is 12.3. The molecule has 108 valence electrons. The van der Waals surface area contributed by atoms with E-state index in [1.54, 1.807) is 0 Å². The average Bonchev–Trinajstić information content (AvgIpc) is 2.80. The van der Waals surface area contributed by atoms with Crippen molar-refractivity contribution in [3.05, 3.63) is 36.0 Å². The van der Waals surface area contributed by atoms with E-state index < -0.39 is 20.0 Å². The summed E-state index contributed by atoms with van der Waals surface area (Å²) >= 11 is 0. The Hall–Kier alpha value is -1.91. The Morgan fingerprint density at radius 2 is 1.90 bits per heavy atom. The molecule has 0 aliphatic carbocycles. The number of nitrogens with one attached hydrogen (secondary N) is 2. The van der Waals surface area contributed by atoms with Gasteiger partial charge in [-0.15, -0.1) is 0 Å². The lowest BCUT2D eigenvalue weighted by atomic mass is 10.2. The van der Waals surface area contributed by atoms with Gasteiger partial charge in [0, 0.05) is 5.69 Å². The van der Waals surface area contributed by atoms with Gasteiger partial charge in [0.2, 0.25) is 10.0 Å². The van der Waals surface area contributed by atoms with E-state index in [0.29, 0.717) is 5.56 Å². The van der Waals surface area contributed by atoms with Crippen molar-refractivity contribution in [1.29, 1.82) is 0 Å². The highest BCUT2D eigenvalue weighted by Gasteiger charge is 2.17. The number of rotatable bonds is 4. The number of aromatic amines is 1. The number of primary sulfonamides is 1. The lowest BCUT2D eigenvalue weighted by Crippen LogP contribution is -2.16. The maximum Gasteiger partial charge on any atom is 0.278 e. The maximum atomic E-state index is 11.9. The first-order chi connectivity index (χ1) is 9.20. The Morgan fingerprint density at radius 3 is 2.40 bits per heavy atom. The summed E-state index contributed by atoms with van der Waals surface area (Å²) in [5, 5.41) is 10.8. The fourth-order valence-electron chi connectivity index (χ4n) is 1.64. The third-order valence-electron chi connectivity index (χ3n) is 2.50. The van der Waals surface area contributed by atoms with E-state index >= 15 is 0 Å². The molecule has 0 amide bonds. The molecular weight excluding hydrogens is 304 g/mol. The summed E-state index contributed by atoms with van der Waals surface area (Å²) in [5.41, 5.74) is 0.571. The monoisotopic (exact) mass is 316 g/mol. The predicted molar refractivity (Wildman–Crippen MR) is 71.9 cm³/mol. The average molecular weight is 316 g/mol. The molecule has 20 heavy (non-hydrogen) atoms. The Balaban J connectivity index is 2.35. The molecule has 0 bridgehead atoms. The first kappa shape index (κ1) is 14.5. The number of H-pyrrole nitrogens is 1. The molecule has 0 fully saturated rings. The predicted octanol–water partition coefficient (Wildman–Crippen LogP) is 0.166. The quantitative estimate of drug-likeness (QED) is 0.738. The number of anilines is 1. The lowest BCUT2D eigenvalue weighted by molar-refractivity contribution is 0.596. The molecule has 0 saturated carbocycles. The number of sulfonamides is 2. The largest absolute Gasteiger partial charge is 0.278 e. The summed E-state index contributed by atoms with van der Waals surface area (Å²) in [6.07, 6.45) is 1.31. The fourth-order valence-corrected chi connectivity index (χ4v) is 3.36. The zero-order valence-corrected chi connectivity index (χ0v) is 12.0. The smallest absolute Gasteiger partial charge is 0.278 e. The molecule has 0 spiro atoms. The van der Waals surface area contributed by atoms with Crippen LogP contribution in [0, 0.1) is 6.92 Å². The third kappa shape index (κ3) is 2.98. The zero-order valence-electron chi connectivity index (χ0n) is 10.4. The summed E-state index contributed by atoms with van der Waals surface area (Å²) in [6.45, 7) is 1.52. The number of nitrogens with zero attached hydrogens (tertiary/aromatic N) is 1. The van der Waals surface area contributed by atoms with Gasteiger partial charge in [-0.25, -0.2) is 13.6 Å². The van der Waals surface area contributed by atoms with E-state index in [4.69, 9.17) is 5.14 Å². The Labute approximate surface area is 116 Å². The van der Waals surface area contributed by atoms with Crippen molar-refractivity contribution < 1.29 is 16.8 Å². The van der Waals surface area contributed by atoms with Gasteiger partial charge in [-0.05, 0) is 36.8 Å². The fraction of sp³-hybridized carbons (Fsp3) is 0.100. The maximum absolute atomic E-state index is 11.9. The van der Waals surface area contributed by atoms with Crippen LogP contribution in [0.25, 0.3) is 0 Å². The second kappa shape index (κ2) is 4.89. The van der Waals surface area contributed by atoms with Gasteiger partial charge < -0.3 is 0 Å². The van der Waals surface area contributed by atoms with Gasteiger partial charge in [0.05, 0.1) is 11.1 Å². The minimum absolute atomic E-state index is 0.0537. The van der Waals surface area contributed by atoms with Gasteiger partial charge in [-0.3, -0.25) is 9.82 Å². The van der Waals surface area contributed by atoms with Crippen LogP contribution in [-0.4, -0.2) is 27.0 Å². The van der Waals surface area contributed by atoms with Gasteiger partial charge in [-0.1, -0.05) is 0 Å². The van der Waals surface area contributed by atoms with Crippen LogP contribution in [0.5, 0.6) is 0 Å². The molecule has 2 aromatic rings. The standard InChI is InChI=1S/C10H12N4O4S2/c1-7-6-8(2-3-9(7)19(11,15)16)14-20(17,18)10-4-5-12-13-10/h2-6,14H,1H3,(H,12,13)(H2,11,15,16). The van der Waals surface area contributed by atoms with Gasteiger partial charge in [0.25, 0.3) is 10.0 Å². The topological polar surface area (TPSA) is 135 Å². The van der Waals surface area contributed by atoms with E-state index in [1.807, 2.05) is 0 Å². The molecule has 2 rings (SSSR count). The molecule has 8 nitrogen and oxygen atoms in total. The molecular formula is C10H12N4O4S2. The number of hydrogen-bond donors (Lipinski definition) is 3. The van der Waals surface area contributed by atoms with Crippen molar-refractivity contribution in [1.82, 2.24) is 10.2 Å². The number of aryl methyl sites for hydroxylation is 1. The first-order valence-corrected chi connectivity index (χ1v) is 8.39. The third-order valence-corrected chi connectivity index (χ3v) is 4.88. The summed E-state index contributed by atoms with van der Waals surface area (Å²) in [4.78, 5) is -0.0537. The molecule has 1 aromatic heterocycles. The second-order valence-electron chi connectivity index (χ2n) is 4.05. The van der Waals surface area contributed by atoms with Crippen LogP contribution in [0.4, 0.5) is 5.69 Å². The van der Waals surface area contributed by atoms with Crippen molar-refractivity contribution in [3.63, 3.8) is 0 Å². The Bertz CT molecular complexity index is 826. The zero-order chi connectivity index (χ0) is 15.0. The van der Waals surface area contributed by atoms with Crippen LogP contribution in [-0.2, 0) is 20.0 Å². The molecule has 4 N–H and O–H groups in total. The van der Waals surface area contributed by atoms with E-state index in [9.17, 15) is 16.8 Å². The van der Waals surface area contributed by atoms with E-state index in [-0.39, 0.29) is 15.6 Å². The molecule has 0 saturated heterocycles. The van der Waals surface area contributed by atoms with Crippen molar-refractivity contribution >= 4 is 25.7 Å². The van der Waals surface area contributed by atoms with E-state index in [2.05, 4.69) is 14.9 Å². The summed E-state index contributed by atoms with van der Waals surface area (Å²) in [5.74, 6) is 0. The minimum Gasteiger partial charge on any atom is -0.278 e. The number of aromatic nitrogens is 2. The lowest BCUT2D eigenvalue weighted by Gasteiger charge is -2.09. The highest BCUT2D eigenvalue weighted by molar-refractivity contribution is 7.92.